The lowest BCUT2D eigenvalue weighted by Crippen LogP contribution is -2.59. The van der Waals surface area contributed by atoms with Crippen LogP contribution in [0.4, 0.5) is 0 Å². The van der Waals surface area contributed by atoms with E-state index in [0.29, 0.717) is 31.9 Å². The Labute approximate surface area is 217 Å². The van der Waals surface area contributed by atoms with E-state index in [1.807, 2.05) is 66.5 Å². The van der Waals surface area contributed by atoms with Gasteiger partial charge in [0.2, 0.25) is 11.8 Å². The van der Waals surface area contributed by atoms with Crippen LogP contribution in [0.3, 0.4) is 0 Å². The normalized spacial score (nSPS) is 22.9. The Balaban J connectivity index is 1.54. The minimum Gasteiger partial charge on any atom is -0.497 e. The lowest BCUT2D eigenvalue weighted by molar-refractivity contribution is -0.136. The van der Waals surface area contributed by atoms with Crippen molar-refractivity contribution in [1.82, 2.24) is 15.5 Å². The quantitative estimate of drug-likeness (QED) is 0.437. The molecule has 2 aliphatic rings. The van der Waals surface area contributed by atoms with Gasteiger partial charge >= 0.3 is 0 Å². The molecule has 2 saturated heterocycles. The van der Waals surface area contributed by atoms with Crippen LogP contribution in [0.15, 0.2) is 54.6 Å². The van der Waals surface area contributed by atoms with E-state index in [1.165, 1.54) is 0 Å². The molecular weight excluding hydrogens is 474 g/mol. The van der Waals surface area contributed by atoms with Crippen LogP contribution in [0, 0.1) is 0 Å². The maximum absolute atomic E-state index is 13.6. The van der Waals surface area contributed by atoms with Crippen molar-refractivity contribution in [1.29, 1.82) is 0 Å². The van der Waals surface area contributed by atoms with Crippen LogP contribution in [-0.2, 0) is 36.7 Å². The number of benzene rings is 2. The van der Waals surface area contributed by atoms with E-state index in [1.54, 1.807) is 14.0 Å². The number of methoxy groups -OCH3 is 1. The Hall–Kier alpha value is -3.27. The van der Waals surface area contributed by atoms with Gasteiger partial charge in [-0.1, -0.05) is 42.5 Å². The van der Waals surface area contributed by atoms with Gasteiger partial charge in [-0.2, -0.15) is 0 Å². The van der Waals surface area contributed by atoms with Crippen molar-refractivity contribution in [2.75, 3.05) is 40.5 Å². The lowest BCUT2D eigenvalue weighted by Gasteiger charge is -2.32. The molecule has 0 spiro atoms. The second kappa shape index (κ2) is 11.9. The summed E-state index contributed by atoms with van der Waals surface area (Å²) in [5, 5.41) is 5.83. The van der Waals surface area contributed by atoms with Gasteiger partial charge in [0.05, 0.1) is 33.0 Å². The van der Waals surface area contributed by atoms with Gasteiger partial charge in [-0.3, -0.25) is 19.3 Å². The van der Waals surface area contributed by atoms with Crippen LogP contribution in [0.5, 0.6) is 5.75 Å². The van der Waals surface area contributed by atoms with Crippen LogP contribution in [0.2, 0.25) is 0 Å². The minimum absolute atomic E-state index is 0.181. The van der Waals surface area contributed by atoms with Gasteiger partial charge in [0.25, 0.3) is 0 Å². The molecule has 2 fully saturated rings. The van der Waals surface area contributed by atoms with Gasteiger partial charge in [-0.25, -0.2) is 0 Å². The Bertz CT molecular complexity index is 1090. The minimum atomic E-state index is -0.899. The van der Waals surface area contributed by atoms with E-state index < -0.39 is 29.6 Å². The van der Waals surface area contributed by atoms with E-state index in [-0.39, 0.29) is 24.7 Å². The molecule has 0 aliphatic carbocycles. The second-order valence-corrected chi connectivity index (χ2v) is 9.82. The summed E-state index contributed by atoms with van der Waals surface area (Å²) < 4.78 is 16.1. The molecule has 2 aliphatic heterocycles. The number of ketones is 1. The number of amides is 2. The third-order valence-electron chi connectivity index (χ3n) is 6.94. The van der Waals surface area contributed by atoms with E-state index >= 15 is 0 Å². The Morgan fingerprint density at radius 2 is 1.68 bits per heavy atom. The summed E-state index contributed by atoms with van der Waals surface area (Å²) in [7, 11) is 3.44. The molecule has 0 bridgehead atoms. The highest BCUT2D eigenvalue weighted by Gasteiger charge is 2.50. The van der Waals surface area contributed by atoms with Gasteiger partial charge < -0.3 is 24.8 Å². The summed E-state index contributed by atoms with van der Waals surface area (Å²) in [5.41, 5.74) is 0.865. The van der Waals surface area contributed by atoms with Crippen molar-refractivity contribution in [3.8, 4) is 5.75 Å². The van der Waals surface area contributed by atoms with Crippen molar-refractivity contribution in [3.05, 3.63) is 65.7 Å². The van der Waals surface area contributed by atoms with Crippen LogP contribution < -0.4 is 15.4 Å². The largest absolute Gasteiger partial charge is 0.497 e. The van der Waals surface area contributed by atoms with E-state index in [9.17, 15) is 14.4 Å². The van der Waals surface area contributed by atoms with Crippen LogP contribution in [0.25, 0.3) is 0 Å². The number of carbonyl (C=O) groups excluding carboxylic acids is 3. The van der Waals surface area contributed by atoms with Crippen LogP contribution in [-0.4, -0.2) is 86.7 Å². The third kappa shape index (κ3) is 6.94. The summed E-state index contributed by atoms with van der Waals surface area (Å²) >= 11 is 0. The molecule has 4 unspecified atom stereocenters. The van der Waals surface area contributed by atoms with E-state index in [4.69, 9.17) is 14.2 Å². The summed E-state index contributed by atoms with van der Waals surface area (Å²) in [5.74, 6) is -0.207. The first-order valence-corrected chi connectivity index (χ1v) is 12.5. The molecule has 198 valence electrons. The van der Waals surface area contributed by atoms with Crippen LogP contribution in [0.1, 0.15) is 18.1 Å². The van der Waals surface area contributed by atoms with Gasteiger partial charge in [0, 0.05) is 13.0 Å². The fourth-order valence-corrected chi connectivity index (χ4v) is 4.39. The van der Waals surface area contributed by atoms with Crippen LogP contribution >= 0.6 is 0 Å². The number of hydrogen-bond donors (Lipinski definition) is 2. The molecule has 9 heteroatoms. The van der Waals surface area contributed by atoms with E-state index in [0.717, 1.165) is 11.1 Å². The molecule has 2 amide bonds. The number of nitrogens with one attached hydrogen (secondary N) is 2. The van der Waals surface area contributed by atoms with Gasteiger partial charge in [0.15, 0.2) is 5.78 Å². The van der Waals surface area contributed by atoms with Gasteiger partial charge in [0.1, 0.15) is 23.4 Å². The molecule has 9 nitrogen and oxygen atoms in total. The molecule has 0 aromatic heterocycles. The lowest BCUT2D eigenvalue weighted by atomic mass is 9.94. The molecule has 2 aromatic rings. The van der Waals surface area contributed by atoms with Gasteiger partial charge in [-0.15, -0.1) is 0 Å². The Kier molecular flexibility index (Phi) is 8.58. The zero-order valence-corrected chi connectivity index (χ0v) is 21.6. The number of Topliss-reactive ketones (excluding diaryl/α,β-unsaturated/α-hetero) is 1. The van der Waals surface area contributed by atoms with Crippen molar-refractivity contribution in [2.24, 2.45) is 0 Å². The average Bonchev–Trinajstić information content (AvgIpc) is 3.67. The molecule has 2 aromatic carbocycles. The Morgan fingerprint density at radius 3 is 2.30 bits per heavy atom. The highest BCUT2D eigenvalue weighted by atomic mass is 16.6. The van der Waals surface area contributed by atoms with Crippen molar-refractivity contribution >= 4 is 17.6 Å². The zero-order chi connectivity index (χ0) is 26.4. The maximum atomic E-state index is 13.6. The fraction of sp³-hybridized carbons (Fsp3) is 0.464. The zero-order valence-electron chi connectivity index (χ0n) is 21.6. The summed E-state index contributed by atoms with van der Waals surface area (Å²) in [6.07, 6.45) is 0.575. The first-order chi connectivity index (χ1) is 17.8. The topological polar surface area (TPSA) is 110 Å². The third-order valence-corrected chi connectivity index (χ3v) is 6.94. The number of hydrogen-bond acceptors (Lipinski definition) is 7. The smallest absolute Gasteiger partial charge is 0.243 e. The van der Waals surface area contributed by atoms with Crippen molar-refractivity contribution in [2.45, 2.75) is 43.5 Å². The standard InChI is InChI=1S/C28H35N3O6/c1-28(18-37-28)25(32)22(15-19-7-5-4-6-8-19)29-26(33)23(16-20-9-11-21(35-3)12-10-20)30-27(34)24-17-36-14-13-31(24)2/h4-12,22-24H,13-18H2,1-3H3,(H,29,33)(H,30,34). The second-order valence-electron chi connectivity index (χ2n) is 9.82. The first kappa shape index (κ1) is 26.8. The number of rotatable bonds is 11. The van der Waals surface area contributed by atoms with Crippen molar-refractivity contribution in [3.63, 3.8) is 0 Å². The summed E-state index contributed by atoms with van der Waals surface area (Å²) in [6.45, 7) is 3.49. The number of epoxide rings is 1. The molecule has 0 radical (unpaired) electrons. The summed E-state index contributed by atoms with van der Waals surface area (Å²) in [4.78, 5) is 42.0. The maximum Gasteiger partial charge on any atom is 0.243 e. The fourth-order valence-electron chi connectivity index (χ4n) is 4.39. The monoisotopic (exact) mass is 509 g/mol. The highest BCUT2D eigenvalue weighted by Crippen LogP contribution is 2.29. The SMILES string of the molecule is COc1ccc(CC(NC(=O)C2COCCN2C)C(=O)NC(Cc2ccccc2)C(=O)C2(C)CO2)cc1. The van der Waals surface area contributed by atoms with Gasteiger partial charge in [-0.05, 0) is 43.7 Å². The molecule has 2 heterocycles. The first-order valence-electron chi connectivity index (χ1n) is 12.5. The number of carbonyl (C=O) groups is 3. The predicted molar refractivity (Wildman–Crippen MR) is 137 cm³/mol. The molecule has 37 heavy (non-hydrogen) atoms. The Morgan fingerprint density at radius 1 is 1.03 bits per heavy atom. The number of ether oxygens (including phenoxy) is 3. The van der Waals surface area contributed by atoms with E-state index in [2.05, 4.69) is 10.6 Å². The summed E-state index contributed by atoms with van der Waals surface area (Å²) in [6, 6.07) is 14.7. The average molecular weight is 510 g/mol. The molecule has 4 atom stereocenters. The number of morpholine rings is 1. The predicted octanol–water partition coefficient (Wildman–Crippen LogP) is 1.14. The number of likely N-dealkylation sites (N-methyl/N-ethyl adjacent to an activating group) is 1. The molecule has 2 N–H and O–H groups in total. The highest BCUT2D eigenvalue weighted by molar-refractivity contribution is 5.98. The molecular formula is C28H35N3O6. The van der Waals surface area contributed by atoms with Crippen molar-refractivity contribution < 1.29 is 28.6 Å². The number of nitrogens with zero attached hydrogens (tertiary/aromatic N) is 1. The molecule has 4 rings (SSSR count). The molecule has 0 saturated carbocycles.